The third-order valence-electron chi connectivity index (χ3n) is 3.49. The quantitative estimate of drug-likeness (QED) is 0.852. The van der Waals surface area contributed by atoms with Gasteiger partial charge in [0, 0.05) is 18.1 Å². The zero-order valence-electron chi connectivity index (χ0n) is 12.5. The van der Waals surface area contributed by atoms with Crippen molar-refractivity contribution < 1.29 is 19.2 Å². The van der Waals surface area contributed by atoms with Gasteiger partial charge < -0.3 is 19.2 Å². The Labute approximate surface area is 133 Å². The average molecular weight is 320 g/mol. The summed E-state index contributed by atoms with van der Waals surface area (Å²) in [6.07, 6.45) is 0.545. The molecule has 116 valence electrons. The van der Waals surface area contributed by atoms with Gasteiger partial charge in [-0.15, -0.1) is 0 Å². The van der Waals surface area contributed by atoms with E-state index in [4.69, 9.17) is 14.1 Å². The number of benzene rings is 1. The van der Waals surface area contributed by atoms with Gasteiger partial charge in [0.05, 0.1) is 13.7 Å². The van der Waals surface area contributed by atoms with Gasteiger partial charge >= 0.3 is 7.12 Å². The summed E-state index contributed by atoms with van der Waals surface area (Å²) in [6.45, 7) is 2.96. The summed E-state index contributed by atoms with van der Waals surface area (Å²) in [4.78, 5) is 4.57. The fourth-order valence-electron chi connectivity index (χ4n) is 2.38. The van der Waals surface area contributed by atoms with Crippen molar-refractivity contribution in [2.45, 2.75) is 19.2 Å². The Morgan fingerprint density at radius 2 is 2.32 bits per heavy atom. The Balaban J connectivity index is 1.85. The van der Waals surface area contributed by atoms with Crippen LogP contribution < -0.4 is 9.47 Å². The number of methoxy groups -OCH3 is 1. The zero-order valence-corrected chi connectivity index (χ0v) is 13.3. The van der Waals surface area contributed by atoms with E-state index in [1.165, 1.54) is 11.5 Å². The molecule has 3 rings (SSSR count). The molecule has 1 N–H and O–H groups in total. The van der Waals surface area contributed by atoms with Gasteiger partial charge in [-0.1, -0.05) is 0 Å². The van der Waals surface area contributed by atoms with Crippen molar-refractivity contribution in [2.75, 3.05) is 20.3 Å². The minimum absolute atomic E-state index is 0.0598. The number of hydrogen-bond donors (Lipinski definition) is 1. The van der Waals surface area contributed by atoms with E-state index >= 15 is 0 Å². The van der Waals surface area contributed by atoms with Crippen molar-refractivity contribution in [3.63, 3.8) is 0 Å². The van der Waals surface area contributed by atoms with Gasteiger partial charge in [-0.25, -0.2) is 4.98 Å². The van der Waals surface area contributed by atoms with E-state index in [0.29, 0.717) is 31.0 Å². The molecule has 6 nitrogen and oxygen atoms in total. The van der Waals surface area contributed by atoms with E-state index in [9.17, 15) is 5.02 Å². The fraction of sp³-hybridized carbons (Fsp3) is 0.429. The molecule has 8 heteroatoms. The Morgan fingerprint density at radius 1 is 1.45 bits per heavy atom. The predicted molar refractivity (Wildman–Crippen MR) is 84.5 cm³/mol. The van der Waals surface area contributed by atoms with Gasteiger partial charge in [-0.3, -0.25) is 0 Å². The Hall–Kier alpha value is -1.64. The van der Waals surface area contributed by atoms with Gasteiger partial charge in [0.2, 0.25) is 0 Å². The van der Waals surface area contributed by atoms with E-state index in [2.05, 4.69) is 9.36 Å². The highest BCUT2D eigenvalue weighted by Crippen LogP contribution is 2.35. The van der Waals surface area contributed by atoms with E-state index in [0.717, 1.165) is 16.4 Å². The van der Waals surface area contributed by atoms with Gasteiger partial charge in [0.15, 0.2) is 11.5 Å². The summed E-state index contributed by atoms with van der Waals surface area (Å²) in [5.74, 6) is 2.18. The van der Waals surface area contributed by atoms with Crippen molar-refractivity contribution in [2.24, 2.45) is 0 Å². The molecule has 1 saturated heterocycles. The summed E-state index contributed by atoms with van der Waals surface area (Å²) < 4.78 is 20.4. The molecule has 0 radical (unpaired) electrons. The molecule has 0 spiro atoms. The van der Waals surface area contributed by atoms with Gasteiger partial charge in [-0.2, -0.15) is 4.37 Å². The van der Waals surface area contributed by atoms with E-state index in [1.807, 2.05) is 25.1 Å². The van der Waals surface area contributed by atoms with Crippen molar-refractivity contribution in [3.8, 4) is 22.1 Å². The van der Waals surface area contributed by atoms with E-state index in [-0.39, 0.29) is 5.92 Å². The summed E-state index contributed by atoms with van der Waals surface area (Å²) in [5.41, 5.74) is 0.937. The summed E-state index contributed by atoms with van der Waals surface area (Å²) in [5, 5.41) is 10.3. The second kappa shape index (κ2) is 6.64. The molecule has 2 aromatic rings. The number of aromatic nitrogens is 2. The van der Waals surface area contributed by atoms with Crippen LogP contribution in [0.2, 0.25) is 6.32 Å². The lowest BCUT2D eigenvalue weighted by Crippen LogP contribution is -2.07. The normalized spacial score (nSPS) is 17.8. The third kappa shape index (κ3) is 3.09. The van der Waals surface area contributed by atoms with Gasteiger partial charge in [0.1, 0.15) is 10.8 Å². The predicted octanol–water partition coefficient (Wildman–Crippen LogP) is 2.21. The van der Waals surface area contributed by atoms with Crippen LogP contribution in [-0.2, 0) is 4.65 Å². The Bertz CT molecular complexity index is 652. The van der Waals surface area contributed by atoms with Gasteiger partial charge in [0.25, 0.3) is 0 Å². The number of nitrogens with zero attached hydrogens (tertiary/aromatic N) is 2. The minimum atomic E-state index is -0.706. The summed E-state index contributed by atoms with van der Waals surface area (Å²) >= 11 is 1.34. The van der Waals surface area contributed by atoms with Crippen LogP contribution in [-0.4, -0.2) is 41.8 Å². The molecule has 1 aliphatic rings. The molecular formula is C14H17BN2O4S. The highest BCUT2D eigenvalue weighted by atomic mass is 32.1. The van der Waals surface area contributed by atoms with Crippen LogP contribution in [0.15, 0.2) is 18.2 Å². The second-order valence-electron chi connectivity index (χ2n) is 4.98. The van der Waals surface area contributed by atoms with Crippen LogP contribution in [0.25, 0.3) is 10.6 Å². The molecule has 22 heavy (non-hydrogen) atoms. The highest BCUT2D eigenvalue weighted by molar-refractivity contribution is 7.09. The minimum Gasteiger partial charge on any atom is -0.493 e. The lowest BCUT2D eigenvalue weighted by Gasteiger charge is -2.09. The first-order chi connectivity index (χ1) is 10.7. The molecule has 1 fully saturated rings. The van der Waals surface area contributed by atoms with Crippen LogP contribution in [0.1, 0.15) is 18.7 Å². The molecule has 1 atom stereocenters. The van der Waals surface area contributed by atoms with Crippen molar-refractivity contribution in [1.82, 2.24) is 9.36 Å². The van der Waals surface area contributed by atoms with E-state index < -0.39 is 7.12 Å². The Kier molecular flexibility index (Phi) is 4.61. The highest BCUT2D eigenvalue weighted by Gasteiger charge is 2.32. The van der Waals surface area contributed by atoms with Crippen molar-refractivity contribution in [3.05, 3.63) is 24.0 Å². The first kappa shape index (κ1) is 15.3. The second-order valence-corrected chi connectivity index (χ2v) is 5.73. The molecule has 1 aliphatic heterocycles. The molecule has 2 heterocycles. The fourth-order valence-corrected chi connectivity index (χ4v) is 3.12. The molecule has 0 bridgehead atoms. The van der Waals surface area contributed by atoms with Crippen LogP contribution in [0, 0.1) is 0 Å². The molecular weight excluding hydrogens is 303 g/mol. The van der Waals surface area contributed by atoms with Crippen LogP contribution in [0.3, 0.4) is 0 Å². The first-order valence-corrected chi connectivity index (χ1v) is 7.93. The SMILES string of the molecule is CCOc1cc(-c2nc([C@H]3COB(O)C3)ns2)ccc1OC. The average Bonchev–Trinajstić information content (AvgIpc) is 3.16. The molecule has 1 aromatic carbocycles. The maximum Gasteiger partial charge on any atom is 0.454 e. The number of ether oxygens (including phenoxy) is 2. The van der Waals surface area contributed by atoms with Crippen LogP contribution in [0.5, 0.6) is 11.5 Å². The monoisotopic (exact) mass is 320 g/mol. The molecule has 1 aromatic heterocycles. The molecule has 0 unspecified atom stereocenters. The molecule has 0 saturated carbocycles. The maximum absolute atomic E-state index is 9.43. The van der Waals surface area contributed by atoms with Crippen molar-refractivity contribution >= 4 is 18.7 Å². The number of rotatable bonds is 5. The summed E-state index contributed by atoms with van der Waals surface area (Å²) in [7, 11) is 0.911. The van der Waals surface area contributed by atoms with Crippen LogP contribution >= 0.6 is 11.5 Å². The largest absolute Gasteiger partial charge is 0.493 e. The Morgan fingerprint density at radius 3 is 3.00 bits per heavy atom. The lowest BCUT2D eigenvalue weighted by molar-refractivity contribution is 0.290. The third-order valence-corrected chi connectivity index (χ3v) is 4.27. The van der Waals surface area contributed by atoms with Crippen LogP contribution in [0.4, 0.5) is 0 Å². The number of hydrogen-bond acceptors (Lipinski definition) is 7. The van der Waals surface area contributed by atoms with E-state index in [1.54, 1.807) is 7.11 Å². The van der Waals surface area contributed by atoms with Gasteiger partial charge in [-0.05, 0) is 43.0 Å². The lowest BCUT2D eigenvalue weighted by atomic mass is 9.82. The van der Waals surface area contributed by atoms with Crippen molar-refractivity contribution in [1.29, 1.82) is 0 Å². The zero-order chi connectivity index (χ0) is 15.5. The molecule has 0 amide bonds. The standard InChI is InChI=1S/C14H17BN2O4S/c1-3-20-12-6-9(4-5-11(12)19-2)14-16-13(17-22-14)10-7-15(18)21-8-10/h4-6,10,18H,3,7-8H2,1-2H3/t10-/m1/s1. The molecule has 0 aliphatic carbocycles. The smallest absolute Gasteiger partial charge is 0.454 e. The maximum atomic E-state index is 9.43. The first-order valence-electron chi connectivity index (χ1n) is 7.15. The topological polar surface area (TPSA) is 73.7 Å². The summed E-state index contributed by atoms with van der Waals surface area (Å²) in [6, 6.07) is 5.71.